The van der Waals surface area contributed by atoms with E-state index in [1.165, 1.54) is 7.11 Å². The van der Waals surface area contributed by atoms with Crippen molar-refractivity contribution in [3.8, 4) is 22.9 Å². The van der Waals surface area contributed by atoms with Gasteiger partial charge in [-0.25, -0.2) is 4.79 Å². The molecule has 172 valence electrons. The van der Waals surface area contributed by atoms with Crippen LogP contribution in [0.2, 0.25) is 0 Å². The minimum atomic E-state index is -1.22. The fourth-order valence-electron chi connectivity index (χ4n) is 4.23. The average Bonchev–Trinajstić information content (AvgIpc) is 3.42. The Kier molecular flexibility index (Phi) is 5.16. The summed E-state index contributed by atoms with van der Waals surface area (Å²) < 4.78 is 16.0. The first-order chi connectivity index (χ1) is 16.4. The fourth-order valence-corrected chi connectivity index (χ4v) is 4.23. The third-order valence-corrected chi connectivity index (χ3v) is 6.01. The maximum absolute atomic E-state index is 13.5. The molecular formula is C25H22N4O5. The van der Waals surface area contributed by atoms with Gasteiger partial charge in [0, 0.05) is 6.07 Å². The van der Waals surface area contributed by atoms with Crippen molar-refractivity contribution in [2.75, 3.05) is 14.2 Å². The third-order valence-electron chi connectivity index (χ3n) is 6.01. The summed E-state index contributed by atoms with van der Waals surface area (Å²) in [5.41, 5.74) is 0.0942. The molecule has 2 heterocycles. The van der Waals surface area contributed by atoms with Gasteiger partial charge in [0.2, 0.25) is 11.7 Å². The van der Waals surface area contributed by atoms with Crippen LogP contribution in [-0.4, -0.2) is 41.2 Å². The van der Waals surface area contributed by atoms with E-state index in [0.29, 0.717) is 17.1 Å². The van der Waals surface area contributed by atoms with E-state index in [1.54, 1.807) is 32.2 Å². The van der Waals surface area contributed by atoms with E-state index in [9.17, 15) is 9.59 Å². The molecule has 9 heteroatoms. The highest BCUT2D eigenvalue weighted by atomic mass is 16.5. The van der Waals surface area contributed by atoms with E-state index in [4.69, 9.17) is 14.0 Å². The number of urea groups is 1. The Bertz CT molecular complexity index is 1410. The van der Waals surface area contributed by atoms with Crippen LogP contribution in [0.15, 0.2) is 65.2 Å². The lowest BCUT2D eigenvalue weighted by atomic mass is 9.88. The second kappa shape index (κ2) is 8.18. The van der Waals surface area contributed by atoms with Crippen molar-refractivity contribution < 1.29 is 23.6 Å². The van der Waals surface area contributed by atoms with Crippen molar-refractivity contribution in [3.63, 3.8) is 0 Å². The van der Waals surface area contributed by atoms with Gasteiger partial charge in [-0.05, 0) is 35.4 Å². The Labute approximate surface area is 195 Å². The highest BCUT2D eigenvalue weighted by Gasteiger charge is 2.50. The summed E-state index contributed by atoms with van der Waals surface area (Å²) in [4.78, 5) is 31.7. The highest BCUT2D eigenvalue weighted by Crippen LogP contribution is 2.35. The summed E-state index contributed by atoms with van der Waals surface area (Å²) in [5.74, 6) is 1.13. The molecule has 0 spiro atoms. The molecule has 4 aromatic rings. The number of rotatable bonds is 6. The number of nitrogens with zero attached hydrogens (tertiary/aromatic N) is 3. The number of hydrogen-bond donors (Lipinski definition) is 1. The van der Waals surface area contributed by atoms with Gasteiger partial charge >= 0.3 is 6.03 Å². The molecule has 0 saturated carbocycles. The molecule has 34 heavy (non-hydrogen) atoms. The van der Waals surface area contributed by atoms with E-state index in [1.807, 2.05) is 42.5 Å². The number of imide groups is 1. The maximum Gasteiger partial charge on any atom is 0.325 e. The predicted octanol–water partition coefficient (Wildman–Crippen LogP) is 3.87. The molecule has 9 nitrogen and oxygen atoms in total. The summed E-state index contributed by atoms with van der Waals surface area (Å²) >= 11 is 0. The summed E-state index contributed by atoms with van der Waals surface area (Å²) in [6.45, 7) is 1.55. The number of methoxy groups -OCH3 is 2. The number of aromatic nitrogens is 2. The quantitative estimate of drug-likeness (QED) is 0.437. The lowest BCUT2D eigenvalue weighted by Gasteiger charge is -2.23. The minimum Gasteiger partial charge on any atom is -0.497 e. The molecule has 1 N–H and O–H groups in total. The number of carbonyl (C=O) groups excluding carboxylic acids is 2. The summed E-state index contributed by atoms with van der Waals surface area (Å²) in [5, 5.41) is 8.72. The second-order valence-corrected chi connectivity index (χ2v) is 8.05. The lowest BCUT2D eigenvalue weighted by Crippen LogP contribution is -2.41. The topological polar surface area (TPSA) is 107 Å². The number of nitrogens with one attached hydrogen (secondary N) is 1. The normalized spacial score (nSPS) is 17.8. The molecule has 0 unspecified atom stereocenters. The number of ether oxygens (including phenoxy) is 2. The summed E-state index contributed by atoms with van der Waals surface area (Å²) in [6.07, 6.45) is 0. The van der Waals surface area contributed by atoms with Crippen LogP contribution in [0.5, 0.6) is 11.5 Å². The van der Waals surface area contributed by atoms with Crippen LogP contribution in [0, 0.1) is 0 Å². The first-order valence-electron chi connectivity index (χ1n) is 10.6. The molecule has 5 rings (SSSR count). The highest BCUT2D eigenvalue weighted by molar-refractivity contribution is 6.09. The van der Waals surface area contributed by atoms with Crippen LogP contribution in [-0.2, 0) is 16.9 Å². The molecule has 0 bridgehead atoms. The number of carbonyl (C=O) groups is 2. The largest absolute Gasteiger partial charge is 0.497 e. The fraction of sp³-hybridized carbons (Fsp3) is 0.200. The van der Waals surface area contributed by atoms with Crippen LogP contribution in [0.1, 0.15) is 18.4 Å². The maximum atomic E-state index is 13.5. The van der Waals surface area contributed by atoms with Crippen molar-refractivity contribution in [1.29, 1.82) is 0 Å². The Morgan fingerprint density at radius 2 is 1.82 bits per heavy atom. The van der Waals surface area contributed by atoms with Gasteiger partial charge in [-0.2, -0.15) is 4.98 Å². The van der Waals surface area contributed by atoms with Gasteiger partial charge in [0.1, 0.15) is 23.6 Å². The van der Waals surface area contributed by atoms with E-state index in [-0.39, 0.29) is 18.3 Å². The minimum absolute atomic E-state index is 0.124. The van der Waals surface area contributed by atoms with Gasteiger partial charge in [-0.1, -0.05) is 47.6 Å². The summed E-state index contributed by atoms with van der Waals surface area (Å²) in [6, 6.07) is 18.1. The van der Waals surface area contributed by atoms with Crippen LogP contribution in [0.25, 0.3) is 22.2 Å². The van der Waals surface area contributed by atoms with Crippen LogP contribution in [0.3, 0.4) is 0 Å². The first-order valence-corrected chi connectivity index (χ1v) is 10.6. The average molecular weight is 458 g/mol. The van der Waals surface area contributed by atoms with Crippen molar-refractivity contribution in [3.05, 3.63) is 72.1 Å². The van der Waals surface area contributed by atoms with E-state index < -0.39 is 17.5 Å². The summed E-state index contributed by atoms with van der Waals surface area (Å²) in [7, 11) is 3.09. The van der Waals surface area contributed by atoms with Gasteiger partial charge in [0.05, 0.1) is 19.8 Å². The van der Waals surface area contributed by atoms with Crippen LogP contribution < -0.4 is 14.8 Å². The Balaban J connectivity index is 1.43. The lowest BCUT2D eigenvalue weighted by molar-refractivity contribution is -0.131. The van der Waals surface area contributed by atoms with Crippen LogP contribution in [0.4, 0.5) is 4.79 Å². The zero-order valence-electron chi connectivity index (χ0n) is 18.9. The van der Waals surface area contributed by atoms with Gasteiger partial charge in [0.25, 0.3) is 5.91 Å². The molecule has 1 aromatic heterocycles. The number of benzene rings is 3. The second-order valence-electron chi connectivity index (χ2n) is 8.05. The monoisotopic (exact) mass is 458 g/mol. The molecule has 1 atom stereocenters. The number of hydrogen-bond acceptors (Lipinski definition) is 7. The van der Waals surface area contributed by atoms with E-state index in [2.05, 4.69) is 15.5 Å². The number of fused-ring (bicyclic) bond motifs is 1. The third kappa shape index (κ3) is 3.42. The molecule has 1 saturated heterocycles. The molecule has 1 aliphatic heterocycles. The molecule has 1 aliphatic rings. The Morgan fingerprint density at radius 3 is 2.62 bits per heavy atom. The Morgan fingerprint density at radius 1 is 1.03 bits per heavy atom. The van der Waals surface area contributed by atoms with Crippen molar-refractivity contribution in [2.24, 2.45) is 0 Å². The van der Waals surface area contributed by atoms with Crippen molar-refractivity contribution in [2.45, 2.75) is 19.0 Å². The zero-order chi connectivity index (χ0) is 23.9. The Hall–Kier alpha value is -4.40. The van der Waals surface area contributed by atoms with Crippen molar-refractivity contribution in [1.82, 2.24) is 20.4 Å². The standard InChI is InChI=1S/C25H22N4O5/c1-25(19-10-6-8-15-7-4-5-9-17(15)19)23(30)29(24(31)27-25)14-21-26-22(28-34-21)18-12-11-16(32-2)13-20(18)33-3/h4-13H,14H2,1-3H3,(H,27,31)/t25-/m1/s1. The zero-order valence-corrected chi connectivity index (χ0v) is 18.9. The van der Waals surface area contributed by atoms with Gasteiger partial charge in [0.15, 0.2) is 0 Å². The first kappa shape index (κ1) is 21.4. The number of amides is 3. The van der Waals surface area contributed by atoms with Crippen LogP contribution >= 0.6 is 0 Å². The molecule has 1 fully saturated rings. The van der Waals surface area contributed by atoms with E-state index >= 15 is 0 Å². The van der Waals surface area contributed by atoms with Gasteiger partial charge < -0.3 is 19.3 Å². The van der Waals surface area contributed by atoms with Gasteiger partial charge in [-0.15, -0.1) is 0 Å². The predicted molar refractivity (Wildman–Crippen MR) is 123 cm³/mol. The molecule has 3 aromatic carbocycles. The molecule has 0 radical (unpaired) electrons. The smallest absolute Gasteiger partial charge is 0.325 e. The molecule has 3 amide bonds. The van der Waals surface area contributed by atoms with Crippen molar-refractivity contribution >= 4 is 22.7 Å². The SMILES string of the molecule is COc1ccc(-c2noc(CN3C(=O)N[C@](C)(c4cccc5ccccc45)C3=O)n2)c(OC)c1. The van der Waals surface area contributed by atoms with Gasteiger partial charge in [-0.3, -0.25) is 9.69 Å². The van der Waals surface area contributed by atoms with E-state index in [0.717, 1.165) is 21.2 Å². The molecule has 0 aliphatic carbocycles. The molecular weight excluding hydrogens is 436 g/mol.